The Bertz CT molecular complexity index is 334. The minimum atomic E-state index is 0.195. The van der Waals surface area contributed by atoms with Crippen molar-refractivity contribution in [1.82, 2.24) is 0 Å². The van der Waals surface area contributed by atoms with Crippen molar-refractivity contribution < 1.29 is 4.74 Å². The lowest BCUT2D eigenvalue weighted by atomic mass is 9.96. The number of hydrogen-bond donors (Lipinski definition) is 1. The van der Waals surface area contributed by atoms with Crippen molar-refractivity contribution in [3.05, 3.63) is 29.3 Å². The van der Waals surface area contributed by atoms with E-state index in [4.69, 9.17) is 10.5 Å². The highest BCUT2D eigenvalue weighted by atomic mass is 16.5. The molecule has 0 heterocycles. The third-order valence-electron chi connectivity index (χ3n) is 2.83. The standard InChI is InChI=1S/C14H23NO/c1-5-16-14-7-6-11(4)8-12(14)9-13(15)10(2)3/h6-8,10,13H,5,9,15H2,1-4H3. The van der Waals surface area contributed by atoms with Gasteiger partial charge in [-0.1, -0.05) is 31.5 Å². The summed E-state index contributed by atoms with van der Waals surface area (Å²) in [5, 5.41) is 0. The van der Waals surface area contributed by atoms with Gasteiger partial charge in [-0.15, -0.1) is 0 Å². The van der Waals surface area contributed by atoms with Crippen LogP contribution in [0.25, 0.3) is 0 Å². The number of hydrogen-bond acceptors (Lipinski definition) is 2. The smallest absolute Gasteiger partial charge is 0.122 e. The molecule has 0 amide bonds. The molecule has 1 rings (SSSR count). The van der Waals surface area contributed by atoms with Crippen LogP contribution in [0.15, 0.2) is 18.2 Å². The fourth-order valence-electron chi connectivity index (χ4n) is 1.65. The zero-order valence-electron chi connectivity index (χ0n) is 10.8. The number of benzene rings is 1. The molecule has 2 nitrogen and oxygen atoms in total. The van der Waals surface area contributed by atoms with E-state index < -0.39 is 0 Å². The summed E-state index contributed by atoms with van der Waals surface area (Å²) in [5.74, 6) is 1.47. The molecule has 1 aromatic carbocycles. The van der Waals surface area contributed by atoms with Gasteiger partial charge in [-0.2, -0.15) is 0 Å². The van der Waals surface area contributed by atoms with Crippen LogP contribution in [0.5, 0.6) is 5.75 Å². The summed E-state index contributed by atoms with van der Waals surface area (Å²) < 4.78 is 5.62. The van der Waals surface area contributed by atoms with Crippen LogP contribution in [0.1, 0.15) is 31.9 Å². The van der Waals surface area contributed by atoms with Gasteiger partial charge < -0.3 is 10.5 Å². The summed E-state index contributed by atoms with van der Waals surface area (Å²) in [6.07, 6.45) is 0.884. The molecule has 0 saturated heterocycles. The second-order valence-electron chi connectivity index (χ2n) is 4.66. The molecule has 1 aromatic rings. The predicted octanol–water partition coefficient (Wildman–Crippen LogP) is 2.92. The molecule has 0 spiro atoms. The van der Waals surface area contributed by atoms with Gasteiger partial charge in [0, 0.05) is 6.04 Å². The Labute approximate surface area is 98.8 Å². The monoisotopic (exact) mass is 221 g/mol. The highest BCUT2D eigenvalue weighted by Crippen LogP contribution is 2.22. The SMILES string of the molecule is CCOc1ccc(C)cc1CC(N)C(C)C. The van der Waals surface area contributed by atoms with Gasteiger partial charge in [-0.3, -0.25) is 0 Å². The van der Waals surface area contributed by atoms with Gasteiger partial charge in [-0.25, -0.2) is 0 Å². The summed E-state index contributed by atoms with van der Waals surface area (Å²) in [6.45, 7) is 9.11. The molecule has 0 saturated carbocycles. The number of aryl methyl sites for hydroxylation is 1. The molecule has 0 aliphatic heterocycles. The fourth-order valence-corrected chi connectivity index (χ4v) is 1.65. The molecule has 0 fully saturated rings. The van der Waals surface area contributed by atoms with E-state index in [0.717, 1.165) is 12.2 Å². The van der Waals surface area contributed by atoms with E-state index in [1.54, 1.807) is 0 Å². The largest absolute Gasteiger partial charge is 0.494 e. The maximum atomic E-state index is 6.11. The van der Waals surface area contributed by atoms with Gasteiger partial charge >= 0.3 is 0 Å². The first-order chi connectivity index (χ1) is 7.54. The molecule has 0 aliphatic carbocycles. The number of rotatable bonds is 5. The topological polar surface area (TPSA) is 35.2 Å². The van der Waals surface area contributed by atoms with Crippen molar-refractivity contribution in [3.8, 4) is 5.75 Å². The Morgan fingerprint density at radius 2 is 2.00 bits per heavy atom. The molecule has 1 atom stereocenters. The molecule has 1 unspecified atom stereocenters. The fraction of sp³-hybridized carbons (Fsp3) is 0.571. The van der Waals surface area contributed by atoms with Crippen molar-refractivity contribution in [1.29, 1.82) is 0 Å². The van der Waals surface area contributed by atoms with Crippen molar-refractivity contribution in [3.63, 3.8) is 0 Å². The van der Waals surface area contributed by atoms with E-state index in [9.17, 15) is 0 Å². The van der Waals surface area contributed by atoms with Crippen molar-refractivity contribution in [2.45, 2.75) is 40.2 Å². The van der Waals surface area contributed by atoms with Crippen LogP contribution < -0.4 is 10.5 Å². The average molecular weight is 221 g/mol. The lowest BCUT2D eigenvalue weighted by Gasteiger charge is -2.18. The lowest BCUT2D eigenvalue weighted by molar-refractivity contribution is 0.334. The first-order valence-electron chi connectivity index (χ1n) is 6.02. The van der Waals surface area contributed by atoms with Gasteiger partial charge in [-0.05, 0) is 37.8 Å². The van der Waals surface area contributed by atoms with Gasteiger partial charge in [0.15, 0.2) is 0 Å². The minimum absolute atomic E-state index is 0.195. The molecule has 0 bridgehead atoms. The number of ether oxygens (including phenoxy) is 1. The van der Waals surface area contributed by atoms with Gasteiger partial charge in [0.05, 0.1) is 6.61 Å². The zero-order valence-corrected chi connectivity index (χ0v) is 10.8. The maximum absolute atomic E-state index is 6.11. The first kappa shape index (κ1) is 13.0. The Morgan fingerprint density at radius 1 is 1.31 bits per heavy atom. The van der Waals surface area contributed by atoms with E-state index in [1.165, 1.54) is 11.1 Å². The van der Waals surface area contributed by atoms with Gasteiger partial charge in [0.2, 0.25) is 0 Å². The second-order valence-corrected chi connectivity index (χ2v) is 4.66. The van der Waals surface area contributed by atoms with E-state index in [1.807, 2.05) is 13.0 Å². The van der Waals surface area contributed by atoms with E-state index in [2.05, 4.69) is 32.9 Å². The molecule has 0 aromatic heterocycles. The predicted molar refractivity (Wildman–Crippen MR) is 68.9 cm³/mol. The Hall–Kier alpha value is -1.02. The normalized spacial score (nSPS) is 12.9. The van der Waals surface area contributed by atoms with Crippen molar-refractivity contribution >= 4 is 0 Å². The lowest BCUT2D eigenvalue weighted by Crippen LogP contribution is -2.29. The highest BCUT2D eigenvalue weighted by molar-refractivity contribution is 5.37. The van der Waals surface area contributed by atoms with Crippen LogP contribution in [0, 0.1) is 12.8 Å². The molecule has 0 radical (unpaired) electrons. The molecule has 0 aliphatic rings. The van der Waals surface area contributed by atoms with E-state index >= 15 is 0 Å². The van der Waals surface area contributed by atoms with Crippen LogP contribution >= 0.6 is 0 Å². The van der Waals surface area contributed by atoms with Crippen LogP contribution in [0.2, 0.25) is 0 Å². The molecule has 2 N–H and O–H groups in total. The Kier molecular flexibility index (Phi) is 4.81. The van der Waals surface area contributed by atoms with Crippen LogP contribution in [-0.4, -0.2) is 12.6 Å². The molecular formula is C14H23NO. The average Bonchev–Trinajstić information content (AvgIpc) is 2.22. The highest BCUT2D eigenvalue weighted by Gasteiger charge is 2.12. The van der Waals surface area contributed by atoms with Crippen molar-refractivity contribution in [2.24, 2.45) is 11.7 Å². The van der Waals surface area contributed by atoms with E-state index in [-0.39, 0.29) is 6.04 Å². The first-order valence-corrected chi connectivity index (χ1v) is 6.02. The summed E-state index contributed by atoms with van der Waals surface area (Å²) >= 11 is 0. The minimum Gasteiger partial charge on any atom is -0.494 e. The molecular weight excluding hydrogens is 198 g/mol. The summed E-state index contributed by atoms with van der Waals surface area (Å²) in [6, 6.07) is 6.49. The summed E-state index contributed by atoms with van der Waals surface area (Å²) in [4.78, 5) is 0. The summed E-state index contributed by atoms with van der Waals surface area (Å²) in [5.41, 5.74) is 8.59. The third kappa shape index (κ3) is 3.53. The number of nitrogens with two attached hydrogens (primary N) is 1. The Morgan fingerprint density at radius 3 is 2.56 bits per heavy atom. The van der Waals surface area contributed by atoms with Crippen LogP contribution in [-0.2, 0) is 6.42 Å². The van der Waals surface area contributed by atoms with Gasteiger partial charge in [0.25, 0.3) is 0 Å². The molecule has 2 heteroatoms. The van der Waals surface area contributed by atoms with Crippen LogP contribution in [0.4, 0.5) is 0 Å². The second kappa shape index (κ2) is 5.90. The molecule has 90 valence electrons. The van der Waals surface area contributed by atoms with Crippen LogP contribution in [0.3, 0.4) is 0 Å². The quantitative estimate of drug-likeness (QED) is 0.829. The van der Waals surface area contributed by atoms with E-state index in [0.29, 0.717) is 12.5 Å². The summed E-state index contributed by atoms with van der Waals surface area (Å²) in [7, 11) is 0. The van der Waals surface area contributed by atoms with Crippen molar-refractivity contribution in [2.75, 3.05) is 6.61 Å². The Balaban J connectivity index is 2.87. The van der Waals surface area contributed by atoms with Gasteiger partial charge in [0.1, 0.15) is 5.75 Å². The zero-order chi connectivity index (χ0) is 12.1. The maximum Gasteiger partial charge on any atom is 0.122 e. The third-order valence-corrected chi connectivity index (χ3v) is 2.83. The molecule has 16 heavy (non-hydrogen) atoms.